The molecule has 1 saturated heterocycles. The van der Waals surface area contributed by atoms with Gasteiger partial charge in [-0.15, -0.1) is 0 Å². The molecule has 4 amide bonds. The van der Waals surface area contributed by atoms with E-state index in [1.807, 2.05) is 0 Å². The molecule has 0 aromatic heterocycles. The summed E-state index contributed by atoms with van der Waals surface area (Å²) in [6, 6.07) is -1.97. The SMILES string of the molecule is CCCCCCC=CCCCC(=O)O[C@H](CCCCCCC)CC(=O)NC(COCC[C@H](O)CCCCCCC)COP(=O)(O)OCCNC(=O)[C@@H]1OC(C)(C)O[C@@H]1C(=O)NCCOP(=O)(O)OCC(COCC[C@H](O)CCCCCCC)NC(=O)C[C@H](CCCCCCCCCCC)OC(=O)CCCC=CCCCCCC. The molecule has 0 bridgehead atoms. The molecule has 1 heterocycles. The van der Waals surface area contributed by atoms with Crippen molar-refractivity contribution < 1.29 is 104 Å². The van der Waals surface area contributed by atoms with E-state index in [0.717, 1.165) is 167 Å². The summed E-state index contributed by atoms with van der Waals surface area (Å²) in [7, 11) is -9.75. The normalized spacial score (nSPS) is 17.0. The van der Waals surface area contributed by atoms with Gasteiger partial charge in [-0.1, -0.05) is 246 Å². The number of carbonyl (C=O) groups excluding carboxylic acids is 6. The molecule has 0 radical (unpaired) electrons. The average Bonchev–Trinajstić information content (AvgIpc) is 1.66. The minimum absolute atomic E-state index is 0.132. The van der Waals surface area contributed by atoms with Gasteiger partial charge in [-0.2, -0.15) is 0 Å². The number of carbonyl (C=O) groups is 6. The molecule has 1 aliphatic heterocycles. The van der Waals surface area contributed by atoms with Crippen molar-refractivity contribution >= 4 is 51.2 Å². The molecular weight excluding hydrogens is 1490 g/mol. The summed E-state index contributed by atoms with van der Waals surface area (Å²) >= 11 is 0. The Hall–Kier alpha value is -3.72. The van der Waals surface area contributed by atoms with E-state index in [4.69, 9.17) is 46.5 Å². The molecule has 662 valence electrons. The predicted octanol–water partition coefficient (Wildman–Crippen LogP) is 17.5. The zero-order valence-corrected chi connectivity index (χ0v) is 73.3. The molecule has 26 nitrogen and oxygen atoms in total. The van der Waals surface area contributed by atoms with Gasteiger partial charge in [0.15, 0.2) is 18.0 Å². The van der Waals surface area contributed by atoms with E-state index >= 15 is 0 Å². The van der Waals surface area contributed by atoms with Gasteiger partial charge >= 0.3 is 27.6 Å². The van der Waals surface area contributed by atoms with Gasteiger partial charge in [0, 0.05) is 39.1 Å². The van der Waals surface area contributed by atoms with Crippen molar-refractivity contribution in [2.24, 2.45) is 0 Å². The first-order valence-electron chi connectivity index (χ1n) is 44.4. The van der Waals surface area contributed by atoms with Crippen molar-refractivity contribution in [3.8, 4) is 0 Å². The number of aliphatic hydroxyl groups excluding tert-OH is 2. The zero-order chi connectivity index (χ0) is 83.3. The first-order valence-corrected chi connectivity index (χ1v) is 47.3. The monoisotopic (exact) mass is 1650 g/mol. The Morgan fingerprint density at radius 2 is 0.690 bits per heavy atom. The molecule has 1 aliphatic rings. The number of ether oxygens (including phenoxy) is 6. The van der Waals surface area contributed by atoms with Crippen LogP contribution in [0.5, 0.6) is 0 Å². The number of amides is 4. The third-order valence-electron chi connectivity index (χ3n) is 19.6. The minimum atomic E-state index is -4.88. The number of esters is 2. The first kappa shape index (κ1) is 107. The maximum Gasteiger partial charge on any atom is 0.472 e. The highest BCUT2D eigenvalue weighted by Gasteiger charge is 2.49. The van der Waals surface area contributed by atoms with Crippen LogP contribution in [0, 0.1) is 0 Å². The largest absolute Gasteiger partial charge is 0.472 e. The quantitative estimate of drug-likeness (QED) is 0.0121. The number of hydrogen-bond donors (Lipinski definition) is 8. The standard InChI is InChI=1S/C85H160N4O22P2/c1-9-15-21-27-30-33-36-42-48-54-76(109-80(95)56-50-44-38-35-32-29-23-17-11-3)66-78(93)89-72(68-103-62-58-74(91)52-46-40-25-19-13-5)70-107-113(100,101)105-64-60-87-84(97)82-81(110-85(7,8)111-82)83(96)86-59-63-104-112(98,99)106-69-71(67-102-61-57-73(90)51-45-39-24-18-12-4)88-77(92)65-75(53-47-41-26-20-14-6)108-79(94)55-49-43-37-34-31-28-22-16-10-2/h34-35,37-38,71-76,81-82,90-91H,9-33,36,39-70H2,1-8H3,(H,86,96)(H,87,97)(H,88,92)(H,89,93)(H,98,99)(H,100,101)/t71?,72?,73-,74-,75-,76+,81-,82+/m1/s1. The van der Waals surface area contributed by atoms with Crippen LogP contribution in [0.1, 0.15) is 364 Å². The summed E-state index contributed by atoms with van der Waals surface area (Å²) < 4.78 is 83.2. The molecule has 1 rings (SSSR count). The molecule has 0 saturated carbocycles. The Morgan fingerprint density at radius 3 is 1.03 bits per heavy atom. The fourth-order valence-corrected chi connectivity index (χ4v) is 14.5. The molecule has 113 heavy (non-hydrogen) atoms. The van der Waals surface area contributed by atoms with Crippen molar-refractivity contribution in [2.75, 3.05) is 65.9 Å². The van der Waals surface area contributed by atoms with E-state index < -0.39 is 126 Å². The van der Waals surface area contributed by atoms with Crippen LogP contribution < -0.4 is 21.3 Å². The van der Waals surface area contributed by atoms with Gasteiger partial charge in [0.05, 0.1) is 76.8 Å². The number of aliphatic hydroxyl groups is 2. The fourth-order valence-electron chi connectivity index (χ4n) is 13.0. The summed E-state index contributed by atoms with van der Waals surface area (Å²) in [4.78, 5) is 103. The summed E-state index contributed by atoms with van der Waals surface area (Å²) in [6.07, 6.45) is 45.0. The predicted molar refractivity (Wildman–Crippen MR) is 445 cm³/mol. The Labute approximate surface area is 682 Å². The molecule has 0 aliphatic carbocycles. The third kappa shape index (κ3) is 64.0. The van der Waals surface area contributed by atoms with Crippen molar-refractivity contribution in [3.05, 3.63) is 24.3 Å². The molecular formula is C85H160N4O22P2. The molecule has 28 heteroatoms. The summed E-state index contributed by atoms with van der Waals surface area (Å²) in [5, 5.41) is 32.0. The van der Waals surface area contributed by atoms with Crippen LogP contribution in [0.4, 0.5) is 0 Å². The number of rotatable bonds is 80. The van der Waals surface area contributed by atoms with Crippen molar-refractivity contribution in [1.82, 2.24) is 21.3 Å². The van der Waals surface area contributed by atoms with Gasteiger partial charge < -0.3 is 69.7 Å². The van der Waals surface area contributed by atoms with Gasteiger partial charge in [0.25, 0.3) is 11.8 Å². The first-order chi connectivity index (χ1) is 54.4. The lowest BCUT2D eigenvalue weighted by Gasteiger charge is -2.23. The van der Waals surface area contributed by atoms with Crippen molar-refractivity contribution in [3.63, 3.8) is 0 Å². The fraction of sp³-hybridized carbons (Fsp3) is 0.882. The van der Waals surface area contributed by atoms with Crippen LogP contribution in [0.25, 0.3) is 0 Å². The highest BCUT2D eigenvalue weighted by atomic mass is 31.2. The van der Waals surface area contributed by atoms with Crippen LogP contribution in [0.15, 0.2) is 24.3 Å². The van der Waals surface area contributed by atoms with Crippen LogP contribution in [0.3, 0.4) is 0 Å². The average molecular weight is 1650 g/mol. The smallest absolute Gasteiger partial charge is 0.462 e. The Morgan fingerprint density at radius 1 is 0.389 bits per heavy atom. The molecule has 1 fully saturated rings. The lowest BCUT2D eigenvalue weighted by molar-refractivity contribution is -0.159. The van der Waals surface area contributed by atoms with Gasteiger partial charge in [0.1, 0.15) is 12.2 Å². The topological polar surface area (TPSA) is 358 Å². The van der Waals surface area contributed by atoms with Gasteiger partial charge in [-0.25, -0.2) is 9.13 Å². The number of phosphoric ester groups is 2. The summed E-state index contributed by atoms with van der Waals surface area (Å²) in [5.74, 6) is -4.90. The van der Waals surface area contributed by atoms with E-state index in [2.05, 4.69) is 87.1 Å². The zero-order valence-electron chi connectivity index (χ0n) is 71.5. The van der Waals surface area contributed by atoms with Gasteiger partial charge in [-0.3, -0.25) is 46.9 Å². The maximum absolute atomic E-state index is 13.9. The van der Waals surface area contributed by atoms with E-state index in [1.54, 1.807) is 0 Å². The Balaban J connectivity index is 3.08. The number of nitrogens with one attached hydrogen (secondary N) is 4. The Bertz CT molecular complexity index is 2550. The van der Waals surface area contributed by atoms with Gasteiger partial charge in [-0.05, 0) is 117 Å². The molecule has 10 atom stereocenters. The van der Waals surface area contributed by atoms with E-state index in [0.29, 0.717) is 51.4 Å². The van der Waals surface area contributed by atoms with E-state index in [1.165, 1.54) is 78.1 Å². The lowest BCUT2D eigenvalue weighted by Crippen LogP contribution is -2.48. The number of unbranched alkanes of at least 4 members (excludes halogenated alkanes) is 30. The highest BCUT2D eigenvalue weighted by Crippen LogP contribution is 2.44. The van der Waals surface area contributed by atoms with Crippen molar-refractivity contribution in [1.29, 1.82) is 0 Å². The minimum Gasteiger partial charge on any atom is -0.462 e. The number of phosphoric acid groups is 2. The second-order valence-electron chi connectivity index (χ2n) is 31.1. The van der Waals surface area contributed by atoms with Crippen LogP contribution >= 0.6 is 15.6 Å². The maximum atomic E-state index is 13.9. The molecule has 0 aromatic rings. The van der Waals surface area contributed by atoms with Crippen LogP contribution in [0.2, 0.25) is 0 Å². The summed E-state index contributed by atoms with van der Waals surface area (Å²) in [6.45, 7) is 12.9. The second kappa shape index (κ2) is 71.2. The molecule has 0 aromatic carbocycles. The van der Waals surface area contributed by atoms with Crippen LogP contribution in [-0.2, 0) is 84.4 Å². The molecule has 4 unspecified atom stereocenters. The van der Waals surface area contributed by atoms with Crippen molar-refractivity contribution in [2.45, 2.75) is 418 Å². The number of allylic oxidation sites excluding steroid dienone is 4. The molecule has 8 N–H and O–H groups in total. The van der Waals surface area contributed by atoms with Gasteiger partial charge in [0.2, 0.25) is 11.8 Å². The Kier molecular flexibility index (Phi) is 67.6. The van der Waals surface area contributed by atoms with E-state index in [9.17, 15) is 57.9 Å². The lowest BCUT2D eigenvalue weighted by atomic mass is 10.0. The summed E-state index contributed by atoms with van der Waals surface area (Å²) in [5.41, 5.74) is 0. The highest BCUT2D eigenvalue weighted by molar-refractivity contribution is 7.47. The van der Waals surface area contributed by atoms with Crippen LogP contribution in [-0.4, -0.2) is 176 Å². The van der Waals surface area contributed by atoms with E-state index in [-0.39, 0.29) is 71.2 Å². The molecule has 0 spiro atoms. The third-order valence-corrected chi connectivity index (χ3v) is 21.6. The second-order valence-corrected chi connectivity index (χ2v) is 34.0. The number of hydrogen-bond acceptors (Lipinski definition) is 20.